The number of carbonyl (C=O) groups is 2. The van der Waals surface area contributed by atoms with Crippen LogP contribution in [0.2, 0.25) is 5.02 Å². The predicted octanol–water partition coefficient (Wildman–Crippen LogP) is 5.55. The van der Waals surface area contributed by atoms with Crippen LogP contribution in [0.4, 0.5) is 10.1 Å². The van der Waals surface area contributed by atoms with Crippen LogP contribution in [0.5, 0.6) is 5.75 Å². The lowest BCUT2D eigenvalue weighted by Crippen LogP contribution is -2.52. The molecule has 0 aliphatic heterocycles. The van der Waals surface area contributed by atoms with Gasteiger partial charge in [-0.1, -0.05) is 36.6 Å². The number of anilines is 1. The molecule has 0 unspecified atom stereocenters. The van der Waals surface area contributed by atoms with Crippen LogP contribution in [0.15, 0.2) is 77.7 Å². The number of benzene rings is 3. The molecule has 3 aromatic carbocycles. The SMILES string of the molecule is CCOc1ccc(N(CC(=O)N(Cc2ccc(Cl)cc2)[C@@H](C)C(=O)NC2CCCC2)S(=O)(=O)c2ccc(F)cc2)cc1. The average molecular weight is 616 g/mol. The maximum Gasteiger partial charge on any atom is 0.264 e. The molecule has 8 nitrogen and oxygen atoms in total. The summed E-state index contributed by atoms with van der Waals surface area (Å²) in [6.45, 7) is 3.35. The van der Waals surface area contributed by atoms with E-state index in [1.54, 1.807) is 55.5 Å². The van der Waals surface area contributed by atoms with Gasteiger partial charge < -0.3 is 15.0 Å². The number of rotatable bonds is 12. The molecule has 4 rings (SSSR count). The molecule has 1 fully saturated rings. The average Bonchev–Trinajstić information content (AvgIpc) is 3.49. The summed E-state index contributed by atoms with van der Waals surface area (Å²) in [6, 6.07) is 16.8. The number of ether oxygens (including phenoxy) is 1. The predicted molar refractivity (Wildman–Crippen MR) is 160 cm³/mol. The molecule has 11 heteroatoms. The first-order chi connectivity index (χ1) is 20.1. The molecule has 1 aliphatic rings. The zero-order chi connectivity index (χ0) is 30.3. The van der Waals surface area contributed by atoms with Crippen molar-refractivity contribution in [3.05, 3.63) is 89.2 Å². The fraction of sp³-hybridized carbons (Fsp3) is 0.355. The van der Waals surface area contributed by atoms with Gasteiger partial charge in [0, 0.05) is 17.6 Å². The monoisotopic (exact) mass is 615 g/mol. The van der Waals surface area contributed by atoms with E-state index in [4.69, 9.17) is 16.3 Å². The van der Waals surface area contributed by atoms with Crippen molar-refractivity contribution in [2.24, 2.45) is 0 Å². The van der Waals surface area contributed by atoms with Crippen molar-refractivity contribution in [2.45, 2.75) is 63.1 Å². The Morgan fingerprint density at radius 1 is 1.00 bits per heavy atom. The van der Waals surface area contributed by atoms with Crippen LogP contribution in [0.25, 0.3) is 0 Å². The van der Waals surface area contributed by atoms with Crippen molar-refractivity contribution in [3.63, 3.8) is 0 Å². The lowest BCUT2D eigenvalue weighted by Gasteiger charge is -2.32. The number of amides is 2. The third-order valence-electron chi connectivity index (χ3n) is 7.25. The number of hydrogen-bond acceptors (Lipinski definition) is 5. The molecule has 0 radical (unpaired) electrons. The Labute approximate surface area is 251 Å². The van der Waals surface area contributed by atoms with Crippen LogP contribution < -0.4 is 14.4 Å². The largest absolute Gasteiger partial charge is 0.494 e. The normalized spacial score (nSPS) is 14.3. The molecule has 0 spiro atoms. The first kappa shape index (κ1) is 31.3. The molecule has 0 aromatic heterocycles. The van der Waals surface area contributed by atoms with E-state index in [2.05, 4.69) is 5.32 Å². The Bertz CT molecular complexity index is 1460. The second-order valence-corrected chi connectivity index (χ2v) is 12.5. The van der Waals surface area contributed by atoms with Crippen LogP contribution in [-0.4, -0.2) is 50.4 Å². The van der Waals surface area contributed by atoms with E-state index >= 15 is 0 Å². The minimum Gasteiger partial charge on any atom is -0.494 e. The highest BCUT2D eigenvalue weighted by molar-refractivity contribution is 7.92. The van der Waals surface area contributed by atoms with Gasteiger partial charge >= 0.3 is 0 Å². The van der Waals surface area contributed by atoms with Gasteiger partial charge in [-0.15, -0.1) is 0 Å². The van der Waals surface area contributed by atoms with E-state index < -0.39 is 34.3 Å². The summed E-state index contributed by atoms with van der Waals surface area (Å²) < 4.78 is 47.8. The van der Waals surface area contributed by atoms with Gasteiger partial charge in [-0.05, 0) is 92.9 Å². The molecule has 3 aromatic rings. The molecule has 0 heterocycles. The Morgan fingerprint density at radius 3 is 2.21 bits per heavy atom. The minimum absolute atomic E-state index is 0.0478. The Hall–Kier alpha value is -3.63. The smallest absolute Gasteiger partial charge is 0.264 e. The Kier molecular flexibility index (Phi) is 10.5. The second-order valence-electron chi connectivity index (χ2n) is 10.2. The summed E-state index contributed by atoms with van der Waals surface area (Å²) in [7, 11) is -4.31. The number of nitrogens with one attached hydrogen (secondary N) is 1. The van der Waals surface area contributed by atoms with E-state index in [0.29, 0.717) is 17.4 Å². The van der Waals surface area contributed by atoms with E-state index in [0.717, 1.165) is 59.8 Å². The highest BCUT2D eigenvalue weighted by Crippen LogP contribution is 2.27. The molecule has 224 valence electrons. The van der Waals surface area contributed by atoms with Crippen LogP contribution in [-0.2, 0) is 26.2 Å². The highest BCUT2D eigenvalue weighted by atomic mass is 35.5. The third-order valence-corrected chi connectivity index (χ3v) is 9.29. The van der Waals surface area contributed by atoms with Crippen molar-refractivity contribution in [1.29, 1.82) is 0 Å². The molecule has 0 bridgehead atoms. The first-order valence-corrected chi connectivity index (χ1v) is 15.8. The van der Waals surface area contributed by atoms with Gasteiger partial charge in [-0.25, -0.2) is 12.8 Å². The van der Waals surface area contributed by atoms with Crippen LogP contribution in [0.1, 0.15) is 45.1 Å². The number of sulfonamides is 1. The summed E-state index contributed by atoms with van der Waals surface area (Å²) in [6.07, 6.45) is 3.83. The lowest BCUT2D eigenvalue weighted by atomic mass is 10.1. The quantitative estimate of drug-likeness (QED) is 0.288. The van der Waals surface area contributed by atoms with Gasteiger partial charge in [0.1, 0.15) is 24.2 Å². The van der Waals surface area contributed by atoms with Gasteiger partial charge in [-0.3, -0.25) is 13.9 Å². The van der Waals surface area contributed by atoms with Gasteiger partial charge in [-0.2, -0.15) is 0 Å². The van der Waals surface area contributed by atoms with Crippen molar-refractivity contribution < 1.29 is 27.1 Å². The molecular formula is C31H35ClFN3O5S. The summed E-state index contributed by atoms with van der Waals surface area (Å²) >= 11 is 6.05. The zero-order valence-electron chi connectivity index (χ0n) is 23.6. The number of carbonyl (C=O) groups excluding carboxylic acids is 2. The number of halogens is 2. The van der Waals surface area contributed by atoms with Crippen LogP contribution in [0.3, 0.4) is 0 Å². The lowest BCUT2D eigenvalue weighted by molar-refractivity contribution is -0.139. The van der Waals surface area contributed by atoms with Crippen LogP contribution in [0, 0.1) is 5.82 Å². The number of hydrogen-bond donors (Lipinski definition) is 1. The zero-order valence-corrected chi connectivity index (χ0v) is 25.2. The maximum absolute atomic E-state index is 14.0. The topological polar surface area (TPSA) is 96.0 Å². The van der Waals surface area contributed by atoms with Crippen LogP contribution >= 0.6 is 11.6 Å². The van der Waals surface area contributed by atoms with Crippen molar-refractivity contribution >= 4 is 39.1 Å². The maximum atomic E-state index is 14.0. The summed E-state index contributed by atoms with van der Waals surface area (Å²) in [5.41, 5.74) is 0.938. The second kappa shape index (κ2) is 14.0. The Morgan fingerprint density at radius 2 is 1.62 bits per heavy atom. The molecule has 1 N–H and O–H groups in total. The summed E-state index contributed by atoms with van der Waals surface area (Å²) in [5.74, 6) is -0.945. The molecule has 1 aliphatic carbocycles. The fourth-order valence-electron chi connectivity index (χ4n) is 4.90. The third kappa shape index (κ3) is 7.80. The molecule has 1 atom stereocenters. The minimum atomic E-state index is -4.31. The van der Waals surface area contributed by atoms with Crippen molar-refractivity contribution in [1.82, 2.24) is 10.2 Å². The summed E-state index contributed by atoms with van der Waals surface area (Å²) in [4.78, 5) is 28.5. The molecule has 1 saturated carbocycles. The number of nitrogens with zero attached hydrogens (tertiary/aromatic N) is 2. The van der Waals surface area contributed by atoms with Crippen molar-refractivity contribution in [2.75, 3.05) is 17.5 Å². The van der Waals surface area contributed by atoms with E-state index in [1.807, 2.05) is 6.92 Å². The molecular weight excluding hydrogens is 581 g/mol. The summed E-state index contributed by atoms with van der Waals surface area (Å²) in [5, 5.41) is 3.56. The highest BCUT2D eigenvalue weighted by Gasteiger charge is 2.33. The molecule has 42 heavy (non-hydrogen) atoms. The molecule has 0 saturated heterocycles. The first-order valence-electron chi connectivity index (χ1n) is 13.9. The van der Waals surface area contributed by atoms with Gasteiger partial charge in [0.25, 0.3) is 10.0 Å². The Balaban J connectivity index is 1.68. The van der Waals surface area contributed by atoms with Gasteiger partial charge in [0.15, 0.2) is 0 Å². The van der Waals surface area contributed by atoms with E-state index in [9.17, 15) is 22.4 Å². The fourth-order valence-corrected chi connectivity index (χ4v) is 6.44. The molecule has 2 amide bonds. The van der Waals surface area contributed by atoms with E-state index in [-0.39, 0.29) is 29.1 Å². The van der Waals surface area contributed by atoms with Gasteiger partial charge in [0.05, 0.1) is 17.2 Å². The van der Waals surface area contributed by atoms with E-state index in [1.165, 1.54) is 4.90 Å². The standard InChI is InChI=1S/C31H35ClFN3O5S/c1-3-41-28-16-14-27(15-17-28)36(42(39,40)29-18-12-25(33)13-19-29)21-30(37)35(20-23-8-10-24(32)11-9-23)22(2)31(38)34-26-6-4-5-7-26/h8-19,22,26H,3-7,20-21H2,1-2H3,(H,34,38)/t22-/m0/s1. The van der Waals surface area contributed by atoms with Gasteiger partial charge in [0.2, 0.25) is 11.8 Å². The van der Waals surface area contributed by atoms with Crippen molar-refractivity contribution in [3.8, 4) is 5.75 Å².